The Kier molecular flexibility index (Phi) is 4.73. The highest BCUT2D eigenvalue weighted by atomic mass is 35.5. The average Bonchev–Trinajstić information content (AvgIpc) is 2.56. The van der Waals surface area contributed by atoms with Gasteiger partial charge in [-0.05, 0) is 55.7 Å². The molecule has 0 saturated carbocycles. The monoisotopic (exact) mass is 325 g/mol. The Labute approximate surface area is 142 Å². The molecule has 0 radical (unpaired) electrons. The number of rotatable bonds is 3. The van der Waals surface area contributed by atoms with Gasteiger partial charge in [-0.2, -0.15) is 5.26 Å². The van der Waals surface area contributed by atoms with Crippen LogP contribution in [0.4, 0.5) is 11.4 Å². The smallest absolute Gasteiger partial charge is 0.101 e. The van der Waals surface area contributed by atoms with Crippen LogP contribution in [0.5, 0.6) is 0 Å². The fourth-order valence-corrected chi connectivity index (χ4v) is 3.28. The summed E-state index contributed by atoms with van der Waals surface area (Å²) in [5.41, 5.74) is 4.11. The zero-order valence-electron chi connectivity index (χ0n) is 13.2. The van der Waals surface area contributed by atoms with E-state index in [1.54, 1.807) is 6.07 Å². The summed E-state index contributed by atoms with van der Waals surface area (Å²) >= 11 is 5.98. The van der Waals surface area contributed by atoms with E-state index in [-0.39, 0.29) is 0 Å². The molecule has 4 heteroatoms. The van der Waals surface area contributed by atoms with Crippen LogP contribution in [0.1, 0.15) is 24.0 Å². The first-order valence-electron chi connectivity index (χ1n) is 7.93. The van der Waals surface area contributed by atoms with Crippen LogP contribution in [0, 0.1) is 18.3 Å². The Bertz CT molecular complexity index is 728. The van der Waals surface area contributed by atoms with Gasteiger partial charge in [-0.1, -0.05) is 23.7 Å². The predicted octanol–water partition coefficient (Wildman–Crippen LogP) is 4.60. The van der Waals surface area contributed by atoms with Crippen molar-refractivity contribution in [3.05, 3.63) is 58.6 Å². The maximum atomic E-state index is 9.30. The van der Waals surface area contributed by atoms with Crippen molar-refractivity contribution in [2.75, 3.05) is 23.3 Å². The van der Waals surface area contributed by atoms with Crippen molar-refractivity contribution in [1.82, 2.24) is 0 Å². The molecule has 1 aliphatic heterocycles. The molecule has 0 aromatic heterocycles. The Hall–Kier alpha value is -2.18. The number of hydrogen-bond donors (Lipinski definition) is 1. The van der Waals surface area contributed by atoms with E-state index in [4.69, 9.17) is 11.6 Å². The van der Waals surface area contributed by atoms with E-state index in [0.717, 1.165) is 31.6 Å². The molecule has 0 unspecified atom stereocenters. The molecule has 2 aromatic rings. The van der Waals surface area contributed by atoms with Crippen molar-refractivity contribution < 1.29 is 0 Å². The fraction of sp³-hybridized carbons (Fsp3) is 0.316. The van der Waals surface area contributed by atoms with Crippen molar-refractivity contribution in [1.29, 1.82) is 5.26 Å². The number of nitriles is 1. The Morgan fingerprint density at radius 1 is 1.17 bits per heavy atom. The first-order chi connectivity index (χ1) is 11.2. The number of aryl methyl sites for hydroxylation is 1. The summed E-state index contributed by atoms with van der Waals surface area (Å²) in [6, 6.07) is 16.8. The maximum absolute atomic E-state index is 9.30. The van der Waals surface area contributed by atoms with Gasteiger partial charge in [0.25, 0.3) is 0 Å². The molecule has 118 valence electrons. The van der Waals surface area contributed by atoms with E-state index < -0.39 is 0 Å². The first-order valence-corrected chi connectivity index (χ1v) is 8.31. The van der Waals surface area contributed by atoms with E-state index in [9.17, 15) is 5.26 Å². The summed E-state index contributed by atoms with van der Waals surface area (Å²) in [4.78, 5) is 2.28. The summed E-state index contributed by atoms with van der Waals surface area (Å²) in [5, 5.41) is 13.5. The van der Waals surface area contributed by atoms with Gasteiger partial charge in [0.1, 0.15) is 6.07 Å². The quantitative estimate of drug-likeness (QED) is 0.896. The highest BCUT2D eigenvalue weighted by Crippen LogP contribution is 2.27. The molecule has 3 rings (SSSR count). The molecule has 1 N–H and O–H groups in total. The summed E-state index contributed by atoms with van der Waals surface area (Å²) in [6.07, 6.45) is 2.11. The van der Waals surface area contributed by atoms with E-state index in [0.29, 0.717) is 16.6 Å². The van der Waals surface area contributed by atoms with Gasteiger partial charge in [0.15, 0.2) is 0 Å². The number of nitrogens with zero attached hydrogens (tertiary/aromatic N) is 2. The lowest BCUT2D eigenvalue weighted by Gasteiger charge is -2.35. The number of benzene rings is 2. The molecule has 0 bridgehead atoms. The molecule has 1 aliphatic rings. The molecular weight excluding hydrogens is 306 g/mol. The van der Waals surface area contributed by atoms with Gasteiger partial charge in [0.05, 0.1) is 11.3 Å². The summed E-state index contributed by atoms with van der Waals surface area (Å²) in [6.45, 7) is 4.00. The van der Waals surface area contributed by atoms with Crippen molar-refractivity contribution >= 4 is 23.0 Å². The Balaban J connectivity index is 1.64. The average molecular weight is 326 g/mol. The van der Waals surface area contributed by atoms with E-state index >= 15 is 0 Å². The highest BCUT2D eigenvalue weighted by Gasteiger charge is 2.21. The number of hydrogen-bond acceptors (Lipinski definition) is 3. The standard InChI is InChI=1S/C19H20ClN3/c1-14-3-2-4-18(11-14)22-17-7-9-23(10-8-17)19-6-5-16(20)12-15(19)13-21/h2-6,11-12,17,22H,7-10H2,1H3. The lowest BCUT2D eigenvalue weighted by atomic mass is 10.0. The van der Waals surface area contributed by atoms with Crippen molar-refractivity contribution in [2.24, 2.45) is 0 Å². The normalized spacial score (nSPS) is 15.3. The van der Waals surface area contributed by atoms with Crippen LogP contribution in [-0.4, -0.2) is 19.1 Å². The molecule has 0 amide bonds. The van der Waals surface area contributed by atoms with Gasteiger partial charge >= 0.3 is 0 Å². The third-order valence-corrected chi connectivity index (χ3v) is 4.54. The Morgan fingerprint density at radius 2 is 1.96 bits per heavy atom. The van der Waals surface area contributed by atoms with Crippen molar-refractivity contribution in [2.45, 2.75) is 25.8 Å². The molecular formula is C19H20ClN3. The lowest BCUT2D eigenvalue weighted by molar-refractivity contribution is 0.526. The van der Waals surface area contributed by atoms with Crippen LogP contribution in [0.2, 0.25) is 5.02 Å². The minimum absolute atomic E-state index is 0.478. The second-order valence-corrected chi connectivity index (χ2v) is 6.48. The fourth-order valence-electron chi connectivity index (χ4n) is 3.11. The second-order valence-electron chi connectivity index (χ2n) is 6.05. The molecule has 23 heavy (non-hydrogen) atoms. The van der Waals surface area contributed by atoms with Gasteiger partial charge in [-0.25, -0.2) is 0 Å². The zero-order chi connectivity index (χ0) is 16.2. The summed E-state index contributed by atoms with van der Waals surface area (Å²) in [7, 11) is 0. The largest absolute Gasteiger partial charge is 0.382 e. The topological polar surface area (TPSA) is 39.1 Å². The predicted molar refractivity (Wildman–Crippen MR) is 96.2 cm³/mol. The van der Waals surface area contributed by atoms with Crippen molar-refractivity contribution in [3.63, 3.8) is 0 Å². The molecule has 2 aromatic carbocycles. The molecule has 3 nitrogen and oxygen atoms in total. The van der Waals surface area contributed by atoms with Crippen LogP contribution in [0.25, 0.3) is 0 Å². The van der Waals surface area contributed by atoms with Gasteiger partial charge in [0.2, 0.25) is 0 Å². The molecule has 1 fully saturated rings. The summed E-state index contributed by atoms with van der Waals surface area (Å²) in [5.74, 6) is 0. The third kappa shape index (κ3) is 3.78. The number of halogens is 1. The second kappa shape index (κ2) is 6.93. The zero-order valence-corrected chi connectivity index (χ0v) is 14.0. The van der Waals surface area contributed by atoms with Crippen LogP contribution in [0.15, 0.2) is 42.5 Å². The first kappa shape index (κ1) is 15.7. The molecule has 0 atom stereocenters. The number of nitrogens with one attached hydrogen (secondary N) is 1. The molecule has 0 spiro atoms. The van der Waals surface area contributed by atoms with Crippen molar-refractivity contribution in [3.8, 4) is 6.07 Å². The van der Waals surface area contributed by atoms with Crippen LogP contribution in [-0.2, 0) is 0 Å². The SMILES string of the molecule is Cc1cccc(NC2CCN(c3ccc(Cl)cc3C#N)CC2)c1. The molecule has 0 aliphatic carbocycles. The number of anilines is 2. The van der Waals surface area contributed by atoms with E-state index in [1.165, 1.54) is 11.3 Å². The van der Waals surface area contributed by atoms with Gasteiger partial charge in [-0.3, -0.25) is 0 Å². The van der Waals surface area contributed by atoms with Crippen LogP contribution in [0.3, 0.4) is 0 Å². The van der Waals surface area contributed by atoms with E-state index in [2.05, 4.69) is 47.5 Å². The highest BCUT2D eigenvalue weighted by molar-refractivity contribution is 6.30. The van der Waals surface area contributed by atoms with Crippen LogP contribution < -0.4 is 10.2 Å². The van der Waals surface area contributed by atoms with Gasteiger partial charge < -0.3 is 10.2 Å². The summed E-state index contributed by atoms with van der Waals surface area (Å²) < 4.78 is 0. The van der Waals surface area contributed by atoms with Crippen LogP contribution >= 0.6 is 11.6 Å². The lowest BCUT2D eigenvalue weighted by Crippen LogP contribution is -2.39. The minimum atomic E-state index is 0.478. The minimum Gasteiger partial charge on any atom is -0.382 e. The molecule has 1 heterocycles. The van der Waals surface area contributed by atoms with Gasteiger partial charge in [-0.15, -0.1) is 0 Å². The number of piperidine rings is 1. The third-order valence-electron chi connectivity index (χ3n) is 4.30. The van der Waals surface area contributed by atoms with E-state index in [1.807, 2.05) is 12.1 Å². The Morgan fingerprint density at radius 3 is 2.65 bits per heavy atom. The molecule has 1 saturated heterocycles. The van der Waals surface area contributed by atoms with Gasteiger partial charge in [0, 0.05) is 29.8 Å². The maximum Gasteiger partial charge on any atom is 0.101 e.